The van der Waals surface area contributed by atoms with Gasteiger partial charge in [0.05, 0.1) is 5.41 Å². The second-order valence-electron chi connectivity index (χ2n) is 11.0. The van der Waals surface area contributed by atoms with Gasteiger partial charge in [-0.25, -0.2) is 0 Å². The molecule has 0 saturated heterocycles. The second kappa shape index (κ2) is 8.13. The van der Waals surface area contributed by atoms with Crippen molar-refractivity contribution in [1.29, 1.82) is 0 Å². The molecule has 5 aliphatic rings. The lowest BCUT2D eigenvalue weighted by Gasteiger charge is -2.54. The highest BCUT2D eigenvalue weighted by Crippen LogP contribution is 2.54. The zero-order valence-corrected chi connectivity index (χ0v) is 19.6. The summed E-state index contributed by atoms with van der Waals surface area (Å²) in [5, 5.41) is 7.91. The van der Waals surface area contributed by atoms with Gasteiger partial charge in [0.15, 0.2) is 0 Å². The molecule has 4 bridgehead atoms. The predicted octanol–water partition coefficient (Wildman–Crippen LogP) is 4.87. The molecular weight excluding hydrogens is 412 g/mol. The number of aromatic nitrogens is 1. The molecule has 1 aromatic heterocycles. The van der Waals surface area contributed by atoms with Gasteiger partial charge in [-0.05, 0) is 94.5 Å². The first kappa shape index (κ1) is 21.4. The summed E-state index contributed by atoms with van der Waals surface area (Å²) in [4.78, 5) is 25.9. The fourth-order valence-corrected chi connectivity index (χ4v) is 7.33. The van der Waals surface area contributed by atoms with Crippen LogP contribution in [0.15, 0.2) is 9.42 Å². The van der Waals surface area contributed by atoms with Gasteiger partial charge in [0.1, 0.15) is 17.3 Å². The fourth-order valence-electron chi connectivity index (χ4n) is 5.99. The molecule has 0 radical (unpaired) electrons. The number of hydrogen-bond donors (Lipinski definition) is 1. The standard InChI is InChI=1S/C24H34N2O4S/c1-13(27)24(2,3)12-29-23-21(31-18-5-4-6-18)20(30-26-23)22(28)25-19-16-8-14-7-15(10-16)11-17(19)9-14/h14-19H,4-12H2,1-3H3,(H,25,28). The van der Waals surface area contributed by atoms with E-state index in [1.54, 1.807) is 18.7 Å². The summed E-state index contributed by atoms with van der Waals surface area (Å²) < 4.78 is 11.5. The first-order chi connectivity index (χ1) is 14.8. The SMILES string of the molecule is CC(=O)C(C)(C)COc1noc(C(=O)NC2C3CC4CC(C3)CC2C4)c1SC1CCC1. The van der Waals surface area contributed by atoms with Crippen molar-refractivity contribution in [3.63, 3.8) is 0 Å². The summed E-state index contributed by atoms with van der Waals surface area (Å²) in [6.45, 7) is 5.49. The Kier molecular flexibility index (Phi) is 5.60. The topological polar surface area (TPSA) is 81.4 Å². The Morgan fingerprint density at radius 3 is 2.32 bits per heavy atom. The first-order valence-electron chi connectivity index (χ1n) is 11.9. The first-order valence-corrected chi connectivity index (χ1v) is 12.8. The molecule has 1 aromatic rings. The number of rotatable bonds is 8. The number of hydrogen-bond acceptors (Lipinski definition) is 6. The Balaban J connectivity index is 1.32. The lowest BCUT2D eigenvalue weighted by molar-refractivity contribution is -0.126. The summed E-state index contributed by atoms with van der Waals surface area (Å²) in [7, 11) is 0. The van der Waals surface area contributed by atoms with E-state index in [0.717, 1.165) is 24.7 Å². The molecule has 170 valence electrons. The van der Waals surface area contributed by atoms with Gasteiger partial charge >= 0.3 is 0 Å². The zero-order valence-electron chi connectivity index (χ0n) is 18.8. The minimum absolute atomic E-state index is 0.0593. The third-order valence-electron chi connectivity index (χ3n) is 8.21. The van der Waals surface area contributed by atoms with E-state index in [0.29, 0.717) is 27.9 Å². The van der Waals surface area contributed by atoms with Crippen LogP contribution in [-0.2, 0) is 4.79 Å². The zero-order chi connectivity index (χ0) is 21.8. The summed E-state index contributed by atoms with van der Waals surface area (Å²) in [5.41, 5.74) is -0.611. The highest BCUT2D eigenvalue weighted by molar-refractivity contribution is 8.00. The van der Waals surface area contributed by atoms with Gasteiger partial charge in [-0.1, -0.05) is 6.42 Å². The molecule has 0 spiro atoms. The molecule has 1 amide bonds. The van der Waals surface area contributed by atoms with Gasteiger partial charge in [-0.15, -0.1) is 11.8 Å². The van der Waals surface area contributed by atoms with Gasteiger partial charge < -0.3 is 14.6 Å². The number of nitrogens with zero attached hydrogens (tertiary/aromatic N) is 1. The van der Waals surface area contributed by atoms with E-state index in [1.165, 1.54) is 38.5 Å². The lowest BCUT2D eigenvalue weighted by Crippen LogP contribution is -2.55. The van der Waals surface area contributed by atoms with E-state index in [2.05, 4.69) is 10.5 Å². The molecule has 5 aliphatic carbocycles. The number of ether oxygens (including phenoxy) is 1. The van der Waals surface area contributed by atoms with Crippen LogP contribution in [0.5, 0.6) is 5.88 Å². The van der Waals surface area contributed by atoms with Crippen LogP contribution in [0.2, 0.25) is 0 Å². The van der Waals surface area contributed by atoms with Gasteiger partial charge in [-0.2, -0.15) is 0 Å². The third-order valence-corrected chi connectivity index (χ3v) is 9.61. The van der Waals surface area contributed by atoms with Crippen LogP contribution in [0.1, 0.15) is 82.7 Å². The van der Waals surface area contributed by atoms with Crippen LogP contribution < -0.4 is 10.1 Å². The van der Waals surface area contributed by atoms with Gasteiger partial charge in [0, 0.05) is 11.3 Å². The van der Waals surface area contributed by atoms with Gasteiger partial charge in [0.2, 0.25) is 5.76 Å². The highest BCUT2D eigenvalue weighted by atomic mass is 32.2. The van der Waals surface area contributed by atoms with E-state index in [9.17, 15) is 9.59 Å². The van der Waals surface area contributed by atoms with E-state index in [1.807, 2.05) is 13.8 Å². The van der Waals surface area contributed by atoms with Crippen molar-refractivity contribution in [2.45, 2.75) is 88.3 Å². The van der Waals surface area contributed by atoms with Crippen molar-refractivity contribution >= 4 is 23.5 Å². The van der Waals surface area contributed by atoms with Crippen LogP contribution in [0, 0.1) is 29.1 Å². The Labute approximate surface area is 188 Å². The van der Waals surface area contributed by atoms with E-state index >= 15 is 0 Å². The Morgan fingerprint density at radius 2 is 1.77 bits per heavy atom. The third kappa shape index (κ3) is 4.14. The summed E-state index contributed by atoms with van der Waals surface area (Å²) in [5.74, 6) is 3.49. The second-order valence-corrected chi connectivity index (χ2v) is 12.3. The van der Waals surface area contributed by atoms with Gasteiger partial charge in [0.25, 0.3) is 11.8 Å². The highest BCUT2D eigenvalue weighted by Gasteiger charge is 2.49. The smallest absolute Gasteiger partial charge is 0.291 e. The number of ketones is 1. The number of thioether (sulfide) groups is 1. The maximum absolute atomic E-state index is 13.3. The largest absolute Gasteiger partial charge is 0.474 e. The number of carbonyl (C=O) groups excluding carboxylic acids is 2. The van der Waals surface area contributed by atoms with Crippen LogP contribution in [0.3, 0.4) is 0 Å². The molecule has 31 heavy (non-hydrogen) atoms. The molecule has 0 aliphatic heterocycles. The average molecular weight is 447 g/mol. The van der Waals surface area contributed by atoms with Crippen molar-refractivity contribution in [2.24, 2.45) is 29.1 Å². The molecule has 0 aromatic carbocycles. The Hall–Kier alpha value is -1.50. The van der Waals surface area contributed by atoms with Crippen LogP contribution >= 0.6 is 11.8 Å². The minimum atomic E-state index is -0.611. The molecule has 6 nitrogen and oxygen atoms in total. The van der Waals surface area contributed by atoms with Gasteiger partial charge in [-0.3, -0.25) is 9.59 Å². The summed E-state index contributed by atoms with van der Waals surface area (Å²) in [6.07, 6.45) is 9.90. The van der Waals surface area contributed by atoms with Crippen LogP contribution in [0.4, 0.5) is 0 Å². The monoisotopic (exact) mass is 446 g/mol. The maximum atomic E-state index is 13.3. The molecule has 0 unspecified atom stereocenters. The number of carbonyl (C=O) groups is 2. The Morgan fingerprint density at radius 1 is 1.13 bits per heavy atom. The molecule has 0 atom stereocenters. The van der Waals surface area contributed by atoms with E-state index in [-0.39, 0.29) is 30.1 Å². The molecule has 1 N–H and O–H groups in total. The normalized spacial score (nSPS) is 32.0. The fraction of sp³-hybridized carbons (Fsp3) is 0.792. The molecule has 5 fully saturated rings. The molecule has 7 heteroatoms. The molecule has 1 heterocycles. The number of nitrogens with one attached hydrogen (secondary N) is 1. The van der Waals surface area contributed by atoms with Crippen LogP contribution in [0.25, 0.3) is 0 Å². The predicted molar refractivity (Wildman–Crippen MR) is 118 cm³/mol. The van der Waals surface area contributed by atoms with E-state index < -0.39 is 5.41 Å². The van der Waals surface area contributed by atoms with Crippen molar-refractivity contribution < 1.29 is 18.8 Å². The summed E-state index contributed by atoms with van der Waals surface area (Å²) in [6, 6.07) is 0.257. The van der Waals surface area contributed by atoms with Crippen molar-refractivity contribution in [3.05, 3.63) is 5.76 Å². The molecule has 5 saturated carbocycles. The van der Waals surface area contributed by atoms with Crippen molar-refractivity contribution in [2.75, 3.05) is 6.61 Å². The molecule has 6 rings (SSSR count). The minimum Gasteiger partial charge on any atom is -0.474 e. The maximum Gasteiger partial charge on any atom is 0.291 e. The summed E-state index contributed by atoms with van der Waals surface area (Å²) >= 11 is 1.64. The quantitative estimate of drug-likeness (QED) is 0.614. The Bertz CT molecular complexity index is 832. The van der Waals surface area contributed by atoms with Crippen molar-refractivity contribution in [1.82, 2.24) is 10.5 Å². The number of Topliss-reactive ketones (excluding diaryl/α,β-unsaturated/α-hetero) is 1. The van der Waals surface area contributed by atoms with Crippen LogP contribution in [-0.4, -0.2) is 34.7 Å². The lowest BCUT2D eigenvalue weighted by atomic mass is 9.54. The molecular formula is C24H34N2O4S. The van der Waals surface area contributed by atoms with Crippen molar-refractivity contribution in [3.8, 4) is 5.88 Å². The van der Waals surface area contributed by atoms with E-state index in [4.69, 9.17) is 9.26 Å². The average Bonchev–Trinajstić information content (AvgIpc) is 3.08. The number of amides is 1.